The molecule has 22 heavy (non-hydrogen) atoms. The van der Waals surface area contributed by atoms with Crippen molar-refractivity contribution in [2.24, 2.45) is 17.3 Å². The molecule has 2 aliphatic carbocycles. The SMILES string of the molecule is C[C@@]12OC(=O)[C@]1([C@@H](O)[C@H]1CCCC(O)C1)CC(=O)[C@@H]2CCCl. The van der Waals surface area contributed by atoms with E-state index >= 15 is 0 Å². The molecule has 0 amide bonds. The van der Waals surface area contributed by atoms with E-state index in [4.69, 9.17) is 16.3 Å². The second kappa shape index (κ2) is 5.46. The number of aliphatic hydroxyl groups excluding tert-OH is 2. The summed E-state index contributed by atoms with van der Waals surface area (Å²) in [5.74, 6) is -0.820. The highest BCUT2D eigenvalue weighted by Gasteiger charge is 2.78. The quantitative estimate of drug-likeness (QED) is 0.601. The predicted molar refractivity (Wildman–Crippen MR) is 79.4 cm³/mol. The maximum absolute atomic E-state index is 12.4. The first-order chi connectivity index (χ1) is 10.4. The number of aliphatic hydroxyl groups is 2. The topological polar surface area (TPSA) is 83.8 Å². The third-order valence-electron chi connectivity index (χ3n) is 6.10. The number of halogens is 1. The molecule has 0 radical (unpaired) electrons. The van der Waals surface area contributed by atoms with Crippen LogP contribution in [0.15, 0.2) is 0 Å². The van der Waals surface area contributed by atoms with Gasteiger partial charge in [-0.3, -0.25) is 9.59 Å². The molecule has 1 heterocycles. The molecular weight excluding hydrogens is 308 g/mol. The lowest BCUT2D eigenvalue weighted by Crippen LogP contribution is -2.70. The molecule has 0 bridgehead atoms. The summed E-state index contributed by atoms with van der Waals surface area (Å²) in [6.45, 7) is 1.75. The van der Waals surface area contributed by atoms with Gasteiger partial charge in [0.2, 0.25) is 0 Å². The third kappa shape index (κ3) is 1.98. The van der Waals surface area contributed by atoms with E-state index in [1.165, 1.54) is 0 Å². The molecule has 6 heteroatoms. The molecule has 0 aromatic rings. The zero-order valence-electron chi connectivity index (χ0n) is 12.8. The van der Waals surface area contributed by atoms with E-state index in [2.05, 4.69) is 0 Å². The number of rotatable bonds is 4. The minimum atomic E-state index is -1.15. The van der Waals surface area contributed by atoms with E-state index < -0.39 is 35.1 Å². The van der Waals surface area contributed by atoms with Gasteiger partial charge in [-0.25, -0.2) is 0 Å². The second-order valence-electron chi connectivity index (χ2n) is 7.17. The van der Waals surface area contributed by atoms with Crippen molar-refractivity contribution in [3.63, 3.8) is 0 Å². The van der Waals surface area contributed by atoms with Gasteiger partial charge in [-0.2, -0.15) is 0 Å². The van der Waals surface area contributed by atoms with Crippen LogP contribution in [0.1, 0.15) is 45.4 Å². The molecule has 0 aromatic heterocycles. The summed E-state index contributed by atoms with van der Waals surface area (Å²) in [6.07, 6.45) is 1.87. The van der Waals surface area contributed by atoms with Crippen LogP contribution in [0, 0.1) is 17.3 Å². The van der Waals surface area contributed by atoms with Crippen molar-refractivity contribution in [3.05, 3.63) is 0 Å². The van der Waals surface area contributed by atoms with E-state index in [1.54, 1.807) is 6.92 Å². The van der Waals surface area contributed by atoms with Gasteiger partial charge in [0, 0.05) is 12.3 Å². The Morgan fingerprint density at radius 3 is 2.73 bits per heavy atom. The fraction of sp³-hybridized carbons (Fsp3) is 0.875. The van der Waals surface area contributed by atoms with Gasteiger partial charge in [0.05, 0.1) is 18.1 Å². The molecule has 124 valence electrons. The molecule has 0 aromatic carbocycles. The van der Waals surface area contributed by atoms with Gasteiger partial charge in [-0.05, 0) is 38.5 Å². The van der Waals surface area contributed by atoms with Crippen molar-refractivity contribution in [2.75, 3.05) is 5.88 Å². The van der Waals surface area contributed by atoms with Crippen LogP contribution in [0.2, 0.25) is 0 Å². The molecular formula is C16H23ClO5. The molecule has 1 aliphatic heterocycles. The monoisotopic (exact) mass is 330 g/mol. The number of fused-ring (bicyclic) bond motifs is 1. The Bertz CT molecular complexity index is 495. The van der Waals surface area contributed by atoms with E-state index in [-0.39, 0.29) is 18.1 Å². The lowest BCUT2D eigenvalue weighted by atomic mass is 9.59. The Labute approximate surface area is 135 Å². The number of esters is 1. The highest BCUT2D eigenvalue weighted by Crippen LogP contribution is 2.63. The number of hydrogen-bond acceptors (Lipinski definition) is 5. The van der Waals surface area contributed by atoms with Gasteiger partial charge in [0.25, 0.3) is 0 Å². The number of Topliss-reactive ketones (excluding diaryl/α,β-unsaturated/α-hetero) is 1. The zero-order valence-corrected chi connectivity index (χ0v) is 13.5. The Morgan fingerprint density at radius 2 is 2.14 bits per heavy atom. The van der Waals surface area contributed by atoms with Gasteiger partial charge in [0.1, 0.15) is 16.8 Å². The molecule has 5 nitrogen and oxygen atoms in total. The lowest BCUT2D eigenvalue weighted by molar-refractivity contribution is -0.265. The van der Waals surface area contributed by atoms with E-state index in [1.807, 2.05) is 0 Å². The van der Waals surface area contributed by atoms with E-state index in [0.29, 0.717) is 18.7 Å². The molecule has 0 spiro atoms. The summed E-state index contributed by atoms with van der Waals surface area (Å²) >= 11 is 5.79. The number of carbonyl (C=O) groups excluding carboxylic acids is 2. The van der Waals surface area contributed by atoms with Crippen molar-refractivity contribution in [3.8, 4) is 0 Å². The maximum atomic E-state index is 12.4. The molecule has 1 saturated heterocycles. The molecule has 2 N–H and O–H groups in total. The minimum Gasteiger partial charge on any atom is -0.457 e. The number of ketones is 1. The lowest BCUT2D eigenvalue weighted by Gasteiger charge is -2.56. The second-order valence-corrected chi connectivity index (χ2v) is 7.54. The summed E-state index contributed by atoms with van der Waals surface area (Å²) in [4.78, 5) is 24.7. The van der Waals surface area contributed by atoms with Crippen LogP contribution in [0.5, 0.6) is 0 Å². The first kappa shape index (κ1) is 16.2. The van der Waals surface area contributed by atoms with Gasteiger partial charge in [0.15, 0.2) is 0 Å². The Hall–Kier alpha value is -0.650. The van der Waals surface area contributed by atoms with Crippen molar-refractivity contribution >= 4 is 23.4 Å². The van der Waals surface area contributed by atoms with Crippen LogP contribution in [-0.4, -0.2) is 45.7 Å². The molecule has 3 aliphatic rings. The Kier molecular flexibility index (Phi) is 4.03. The summed E-state index contributed by atoms with van der Waals surface area (Å²) < 4.78 is 5.39. The number of alkyl halides is 1. The fourth-order valence-electron chi connectivity index (χ4n) is 4.82. The summed E-state index contributed by atoms with van der Waals surface area (Å²) in [7, 11) is 0. The summed E-state index contributed by atoms with van der Waals surface area (Å²) in [5, 5.41) is 20.8. The molecule has 2 saturated carbocycles. The van der Waals surface area contributed by atoms with Gasteiger partial charge in [-0.1, -0.05) is 6.42 Å². The average Bonchev–Trinajstić information content (AvgIpc) is 2.65. The van der Waals surface area contributed by atoms with E-state index in [9.17, 15) is 19.8 Å². The van der Waals surface area contributed by atoms with Crippen molar-refractivity contribution in [2.45, 2.75) is 63.3 Å². The standard InChI is InChI=1S/C16H23ClO5/c1-15-11(5-6-17)12(19)8-16(15,14(21)22-15)13(20)9-3-2-4-10(18)7-9/h9-11,13,18,20H,2-8H2,1H3/t9-,10?,11-,13-,15-,16+/m0/s1. The minimum absolute atomic E-state index is 0.0254. The number of carbonyl (C=O) groups is 2. The van der Waals surface area contributed by atoms with Crippen LogP contribution in [0.3, 0.4) is 0 Å². The first-order valence-electron chi connectivity index (χ1n) is 8.05. The Balaban J connectivity index is 1.89. The third-order valence-corrected chi connectivity index (χ3v) is 6.32. The van der Waals surface area contributed by atoms with Crippen molar-refractivity contribution in [1.82, 2.24) is 0 Å². The highest BCUT2D eigenvalue weighted by atomic mass is 35.5. The van der Waals surface area contributed by atoms with Crippen LogP contribution in [0.25, 0.3) is 0 Å². The van der Waals surface area contributed by atoms with Gasteiger partial charge < -0.3 is 14.9 Å². The number of hydrogen-bond donors (Lipinski definition) is 2. The van der Waals surface area contributed by atoms with Crippen LogP contribution in [0.4, 0.5) is 0 Å². The Morgan fingerprint density at radius 1 is 1.41 bits per heavy atom. The van der Waals surface area contributed by atoms with Crippen LogP contribution >= 0.6 is 11.6 Å². The van der Waals surface area contributed by atoms with Crippen LogP contribution < -0.4 is 0 Å². The van der Waals surface area contributed by atoms with Crippen LogP contribution in [-0.2, 0) is 14.3 Å². The van der Waals surface area contributed by atoms with Gasteiger partial charge >= 0.3 is 5.97 Å². The fourth-order valence-corrected chi connectivity index (χ4v) is 5.04. The summed E-state index contributed by atoms with van der Waals surface area (Å²) in [5.41, 5.74) is -2.11. The first-order valence-corrected chi connectivity index (χ1v) is 8.58. The summed E-state index contributed by atoms with van der Waals surface area (Å²) in [6, 6.07) is 0. The zero-order chi connectivity index (χ0) is 16.1. The normalized spacial score (nSPS) is 45.9. The molecule has 1 unspecified atom stereocenters. The largest absolute Gasteiger partial charge is 0.457 e. The van der Waals surface area contributed by atoms with Crippen molar-refractivity contribution < 1.29 is 24.5 Å². The molecule has 3 rings (SSSR count). The number of ether oxygens (including phenoxy) is 1. The predicted octanol–water partition coefficient (Wildman–Crippen LogP) is 1.42. The molecule has 6 atom stereocenters. The maximum Gasteiger partial charge on any atom is 0.319 e. The van der Waals surface area contributed by atoms with Gasteiger partial charge in [-0.15, -0.1) is 11.6 Å². The smallest absolute Gasteiger partial charge is 0.319 e. The van der Waals surface area contributed by atoms with Crippen molar-refractivity contribution in [1.29, 1.82) is 0 Å². The van der Waals surface area contributed by atoms with E-state index in [0.717, 1.165) is 19.3 Å². The average molecular weight is 331 g/mol. The molecule has 3 fully saturated rings. The highest BCUT2D eigenvalue weighted by molar-refractivity contribution is 6.18.